The zero-order valence-electron chi connectivity index (χ0n) is 9.69. The lowest BCUT2D eigenvalue weighted by Gasteiger charge is -2.13. The van der Waals surface area contributed by atoms with Gasteiger partial charge in [0.2, 0.25) is 0 Å². The largest absolute Gasteiger partial charge is 0.399 e. The minimum atomic E-state index is -1.04. The Morgan fingerprint density at radius 3 is 2.88 bits per heavy atom. The second kappa shape index (κ2) is 5.14. The molecule has 2 rings (SSSR count). The van der Waals surface area contributed by atoms with Crippen LogP contribution in [-0.2, 0) is 21.3 Å². The highest BCUT2D eigenvalue weighted by Crippen LogP contribution is 2.22. The molecule has 0 radical (unpaired) electrons. The van der Waals surface area contributed by atoms with E-state index in [0.717, 1.165) is 6.42 Å². The van der Waals surface area contributed by atoms with E-state index in [9.17, 15) is 8.60 Å². The molecular formula is C12H16FNO2S. The normalized spacial score (nSPS) is 26.0. The second-order valence-corrected chi connectivity index (χ2v) is 5.98. The van der Waals surface area contributed by atoms with E-state index in [-0.39, 0.29) is 17.2 Å². The highest BCUT2D eigenvalue weighted by atomic mass is 32.2. The molecule has 17 heavy (non-hydrogen) atoms. The van der Waals surface area contributed by atoms with Crippen LogP contribution in [0.4, 0.5) is 10.1 Å². The molecule has 1 aliphatic rings. The molecule has 1 fully saturated rings. The lowest BCUT2D eigenvalue weighted by molar-refractivity contribution is 0.127. The smallest absolute Gasteiger partial charge is 0.125 e. The van der Waals surface area contributed by atoms with Crippen LogP contribution in [0.25, 0.3) is 0 Å². The van der Waals surface area contributed by atoms with Crippen molar-refractivity contribution in [2.75, 3.05) is 12.3 Å². The number of hydrogen-bond acceptors (Lipinski definition) is 3. The first kappa shape index (κ1) is 12.5. The van der Waals surface area contributed by atoms with Gasteiger partial charge in [0.25, 0.3) is 0 Å². The zero-order chi connectivity index (χ0) is 12.4. The SMILES string of the molecule is CC1OCCC1S(=O)Cc1cc(N)cc(F)c1. The van der Waals surface area contributed by atoms with Gasteiger partial charge in [0, 0.05) is 28.8 Å². The van der Waals surface area contributed by atoms with Crippen molar-refractivity contribution in [2.45, 2.75) is 30.5 Å². The van der Waals surface area contributed by atoms with Crippen molar-refractivity contribution < 1.29 is 13.3 Å². The average molecular weight is 257 g/mol. The number of ether oxygens (including phenoxy) is 1. The fourth-order valence-corrected chi connectivity index (χ4v) is 3.66. The third-order valence-corrected chi connectivity index (χ3v) is 4.85. The van der Waals surface area contributed by atoms with Gasteiger partial charge < -0.3 is 10.5 Å². The molecule has 3 atom stereocenters. The van der Waals surface area contributed by atoms with Crippen molar-refractivity contribution in [3.63, 3.8) is 0 Å². The molecule has 1 aromatic carbocycles. The predicted molar refractivity (Wildman–Crippen MR) is 66.5 cm³/mol. The van der Waals surface area contributed by atoms with Crippen LogP contribution in [0.1, 0.15) is 18.9 Å². The molecule has 3 unspecified atom stereocenters. The number of halogens is 1. The Morgan fingerprint density at radius 2 is 2.29 bits per heavy atom. The molecule has 1 saturated heterocycles. The Kier molecular flexibility index (Phi) is 3.79. The molecule has 0 amide bonds. The molecule has 2 N–H and O–H groups in total. The first-order chi connectivity index (χ1) is 8.06. The summed E-state index contributed by atoms with van der Waals surface area (Å²) in [6.45, 7) is 2.58. The van der Waals surface area contributed by atoms with Crippen molar-refractivity contribution >= 4 is 16.5 Å². The third kappa shape index (κ3) is 3.04. The maximum atomic E-state index is 13.1. The van der Waals surface area contributed by atoms with Gasteiger partial charge in [0.1, 0.15) is 5.82 Å². The predicted octanol–water partition coefficient (Wildman–Crippen LogP) is 1.83. The Balaban J connectivity index is 2.07. The van der Waals surface area contributed by atoms with E-state index in [2.05, 4.69) is 0 Å². The quantitative estimate of drug-likeness (QED) is 0.841. The minimum Gasteiger partial charge on any atom is -0.399 e. The van der Waals surface area contributed by atoms with Crippen molar-refractivity contribution in [3.8, 4) is 0 Å². The van der Waals surface area contributed by atoms with Crippen LogP contribution in [0, 0.1) is 5.82 Å². The third-order valence-electron chi connectivity index (χ3n) is 2.93. The highest BCUT2D eigenvalue weighted by molar-refractivity contribution is 7.84. The summed E-state index contributed by atoms with van der Waals surface area (Å²) in [6.07, 6.45) is 0.820. The number of anilines is 1. The topological polar surface area (TPSA) is 52.3 Å². The number of hydrogen-bond donors (Lipinski definition) is 1. The molecule has 1 aliphatic heterocycles. The standard InChI is InChI=1S/C12H16FNO2S/c1-8-12(2-3-16-8)17(15)7-9-4-10(13)6-11(14)5-9/h4-6,8,12H,2-3,7,14H2,1H3. The van der Waals surface area contributed by atoms with Crippen LogP contribution >= 0.6 is 0 Å². The number of nitrogen functional groups attached to an aromatic ring is 1. The van der Waals surface area contributed by atoms with Gasteiger partial charge >= 0.3 is 0 Å². The van der Waals surface area contributed by atoms with Crippen molar-refractivity contribution in [2.24, 2.45) is 0 Å². The number of nitrogens with two attached hydrogens (primary N) is 1. The van der Waals surface area contributed by atoms with Gasteiger partial charge in [0.05, 0.1) is 11.4 Å². The summed E-state index contributed by atoms with van der Waals surface area (Å²) in [6, 6.07) is 4.31. The fourth-order valence-electron chi connectivity index (χ4n) is 2.09. The maximum Gasteiger partial charge on any atom is 0.125 e. The summed E-state index contributed by atoms with van der Waals surface area (Å²) >= 11 is 0. The first-order valence-corrected chi connectivity index (χ1v) is 6.98. The number of benzene rings is 1. The van der Waals surface area contributed by atoms with Gasteiger partial charge in [0.15, 0.2) is 0 Å². The molecule has 94 valence electrons. The molecule has 3 nitrogen and oxygen atoms in total. The van der Waals surface area contributed by atoms with Crippen LogP contribution < -0.4 is 5.73 Å². The summed E-state index contributed by atoms with van der Waals surface area (Å²) < 4.78 is 30.6. The highest BCUT2D eigenvalue weighted by Gasteiger charge is 2.29. The Hall–Kier alpha value is -0.940. The van der Waals surface area contributed by atoms with Crippen molar-refractivity contribution in [1.29, 1.82) is 0 Å². The van der Waals surface area contributed by atoms with E-state index in [4.69, 9.17) is 10.5 Å². The molecule has 1 aromatic rings. The Labute approximate surface area is 103 Å². The minimum absolute atomic E-state index is 0.0155. The summed E-state index contributed by atoms with van der Waals surface area (Å²) in [7, 11) is -1.04. The van der Waals surface area contributed by atoms with Crippen LogP contribution in [0.5, 0.6) is 0 Å². The van der Waals surface area contributed by atoms with Crippen molar-refractivity contribution in [3.05, 3.63) is 29.6 Å². The van der Waals surface area contributed by atoms with Crippen LogP contribution in [0.15, 0.2) is 18.2 Å². The van der Waals surface area contributed by atoms with Gasteiger partial charge in [-0.2, -0.15) is 0 Å². The summed E-state index contributed by atoms with van der Waals surface area (Å²) in [5.41, 5.74) is 6.60. The molecule has 0 aliphatic carbocycles. The molecule has 5 heteroatoms. The van der Waals surface area contributed by atoms with E-state index >= 15 is 0 Å². The van der Waals surface area contributed by atoms with Gasteiger partial charge in [-0.1, -0.05) is 0 Å². The van der Waals surface area contributed by atoms with Gasteiger partial charge in [-0.05, 0) is 37.1 Å². The maximum absolute atomic E-state index is 13.1. The number of rotatable bonds is 3. The van der Waals surface area contributed by atoms with Gasteiger partial charge in [-0.25, -0.2) is 4.39 Å². The molecule has 0 aromatic heterocycles. The molecule has 0 saturated carbocycles. The van der Waals surface area contributed by atoms with E-state index in [0.29, 0.717) is 23.6 Å². The summed E-state index contributed by atoms with van der Waals surface area (Å²) in [4.78, 5) is 0. The van der Waals surface area contributed by atoms with E-state index in [1.165, 1.54) is 12.1 Å². The first-order valence-electron chi connectivity index (χ1n) is 5.60. The van der Waals surface area contributed by atoms with Gasteiger partial charge in [-0.3, -0.25) is 4.21 Å². The molecular weight excluding hydrogens is 241 g/mol. The molecule has 0 spiro atoms. The van der Waals surface area contributed by atoms with E-state index in [1.807, 2.05) is 6.92 Å². The Bertz CT molecular complexity index is 418. The summed E-state index contributed by atoms with van der Waals surface area (Å²) in [5.74, 6) is -0.0481. The van der Waals surface area contributed by atoms with Crippen LogP contribution in [0.3, 0.4) is 0 Å². The Morgan fingerprint density at radius 1 is 1.53 bits per heavy atom. The lowest BCUT2D eigenvalue weighted by atomic mass is 10.2. The fraction of sp³-hybridized carbons (Fsp3) is 0.500. The molecule has 1 heterocycles. The molecule has 0 bridgehead atoms. The summed E-state index contributed by atoms with van der Waals surface area (Å²) in [5, 5.41) is 0.0412. The average Bonchev–Trinajstić information content (AvgIpc) is 2.62. The van der Waals surface area contributed by atoms with Crippen LogP contribution in [0.2, 0.25) is 0 Å². The van der Waals surface area contributed by atoms with E-state index in [1.54, 1.807) is 6.07 Å². The second-order valence-electron chi connectivity index (χ2n) is 4.32. The lowest BCUT2D eigenvalue weighted by Crippen LogP contribution is -2.24. The van der Waals surface area contributed by atoms with Crippen LogP contribution in [-0.4, -0.2) is 22.2 Å². The van der Waals surface area contributed by atoms with Gasteiger partial charge in [-0.15, -0.1) is 0 Å². The van der Waals surface area contributed by atoms with Crippen molar-refractivity contribution in [1.82, 2.24) is 0 Å². The van der Waals surface area contributed by atoms with E-state index < -0.39 is 10.8 Å². The zero-order valence-corrected chi connectivity index (χ0v) is 10.5. The monoisotopic (exact) mass is 257 g/mol.